The van der Waals surface area contributed by atoms with E-state index in [9.17, 15) is 0 Å². The topological polar surface area (TPSA) is 84.1 Å². The Labute approximate surface area is 77.3 Å². The van der Waals surface area contributed by atoms with Gasteiger partial charge in [-0.05, 0) is 26.4 Å². The van der Waals surface area contributed by atoms with Crippen LogP contribution in [0.5, 0.6) is 0 Å². The van der Waals surface area contributed by atoms with E-state index in [1.165, 1.54) is 0 Å². The molecule has 0 aromatic carbocycles. The maximum absolute atomic E-state index is 8.74. The molecule has 1 rings (SSSR count). The number of amidine groups is 1. The Balaban J connectivity index is 2.42. The van der Waals surface area contributed by atoms with Crippen molar-refractivity contribution in [1.82, 2.24) is 10.7 Å². The van der Waals surface area contributed by atoms with Gasteiger partial charge in [-0.25, -0.2) is 0 Å². The second-order valence-corrected chi connectivity index (χ2v) is 2.90. The SMILES string of the molecule is CNCCCC1=NNC(=N)C1C#N. The van der Waals surface area contributed by atoms with E-state index in [2.05, 4.69) is 21.9 Å². The lowest BCUT2D eigenvalue weighted by atomic mass is 10.0. The van der Waals surface area contributed by atoms with Crippen LogP contribution < -0.4 is 10.7 Å². The first-order valence-corrected chi connectivity index (χ1v) is 4.24. The quantitative estimate of drug-likeness (QED) is 0.534. The number of hydrogen-bond donors (Lipinski definition) is 3. The number of nitrogens with zero attached hydrogens (tertiary/aromatic N) is 2. The molecule has 1 atom stereocenters. The molecule has 0 aromatic heterocycles. The Bertz CT molecular complexity index is 262. The fourth-order valence-electron chi connectivity index (χ4n) is 1.21. The summed E-state index contributed by atoms with van der Waals surface area (Å²) in [6, 6.07) is 2.05. The molecular formula is C8H13N5. The van der Waals surface area contributed by atoms with Crippen molar-refractivity contribution in [2.24, 2.45) is 11.0 Å². The maximum Gasteiger partial charge on any atom is 0.145 e. The third-order valence-electron chi connectivity index (χ3n) is 1.93. The Morgan fingerprint density at radius 1 is 1.77 bits per heavy atom. The van der Waals surface area contributed by atoms with E-state index in [1.807, 2.05) is 7.05 Å². The molecular weight excluding hydrogens is 166 g/mol. The smallest absolute Gasteiger partial charge is 0.145 e. The second-order valence-electron chi connectivity index (χ2n) is 2.90. The molecule has 1 aliphatic heterocycles. The number of nitrogens with one attached hydrogen (secondary N) is 3. The molecule has 1 unspecified atom stereocenters. The van der Waals surface area contributed by atoms with Crippen molar-refractivity contribution in [1.29, 1.82) is 10.7 Å². The molecule has 0 aliphatic carbocycles. The molecule has 13 heavy (non-hydrogen) atoms. The van der Waals surface area contributed by atoms with Gasteiger partial charge in [0.05, 0.1) is 11.8 Å². The van der Waals surface area contributed by atoms with Crippen molar-refractivity contribution < 1.29 is 0 Å². The van der Waals surface area contributed by atoms with Gasteiger partial charge in [-0.2, -0.15) is 10.4 Å². The summed E-state index contributed by atoms with van der Waals surface area (Å²) in [7, 11) is 1.89. The van der Waals surface area contributed by atoms with Crippen LogP contribution in [0.3, 0.4) is 0 Å². The van der Waals surface area contributed by atoms with Gasteiger partial charge in [0.15, 0.2) is 0 Å². The molecule has 0 radical (unpaired) electrons. The summed E-state index contributed by atoms with van der Waals surface area (Å²) < 4.78 is 0. The predicted octanol–water partition coefficient (Wildman–Crippen LogP) is 0.0623. The lowest BCUT2D eigenvalue weighted by molar-refractivity contribution is 0.742. The molecule has 0 saturated heterocycles. The van der Waals surface area contributed by atoms with E-state index in [0.717, 1.165) is 25.1 Å². The van der Waals surface area contributed by atoms with E-state index in [4.69, 9.17) is 10.7 Å². The summed E-state index contributed by atoms with van der Waals surface area (Å²) in [5.74, 6) is -0.251. The van der Waals surface area contributed by atoms with Gasteiger partial charge in [0.25, 0.3) is 0 Å². The van der Waals surface area contributed by atoms with Crippen LogP contribution >= 0.6 is 0 Å². The van der Waals surface area contributed by atoms with E-state index in [0.29, 0.717) is 0 Å². The van der Waals surface area contributed by atoms with Crippen molar-refractivity contribution in [3.8, 4) is 6.07 Å². The first-order chi connectivity index (χ1) is 6.29. The molecule has 1 heterocycles. The van der Waals surface area contributed by atoms with Crippen molar-refractivity contribution in [3.05, 3.63) is 0 Å². The number of hydrogen-bond acceptors (Lipinski definition) is 4. The Kier molecular flexibility index (Phi) is 3.41. The molecule has 5 heteroatoms. The molecule has 0 bridgehead atoms. The fraction of sp³-hybridized carbons (Fsp3) is 0.625. The molecule has 5 nitrogen and oxygen atoms in total. The highest BCUT2D eigenvalue weighted by Crippen LogP contribution is 2.10. The second kappa shape index (κ2) is 4.58. The lowest BCUT2D eigenvalue weighted by Crippen LogP contribution is -2.21. The van der Waals surface area contributed by atoms with Crippen LogP contribution in [0.25, 0.3) is 0 Å². The normalized spacial score (nSPS) is 20.8. The van der Waals surface area contributed by atoms with Gasteiger partial charge in [-0.1, -0.05) is 0 Å². The average molecular weight is 179 g/mol. The van der Waals surface area contributed by atoms with Crippen LogP contribution in [0.2, 0.25) is 0 Å². The first-order valence-electron chi connectivity index (χ1n) is 4.24. The average Bonchev–Trinajstić information content (AvgIpc) is 2.47. The summed E-state index contributed by atoms with van der Waals surface area (Å²) >= 11 is 0. The Morgan fingerprint density at radius 2 is 2.54 bits per heavy atom. The van der Waals surface area contributed by atoms with Crippen LogP contribution in [0.15, 0.2) is 5.10 Å². The minimum atomic E-state index is -0.447. The highest BCUT2D eigenvalue weighted by atomic mass is 15.3. The van der Waals surface area contributed by atoms with Gasteiger partial charge in [0.2, 0.25) is 0 Å². The molecule has 3 N–H and O–H groups in total. The molecule has 0 spiro atoms. The molecule has 70 valence electrons. The van der Waals surface area contributed by atoms with Gasteiger partial charge in [-0.15, -0.1) is 0 Å². The maximum atomic E-state index is 8.74. The standard InChI is InChI=1S/C8H13N5/c1-11-4-2-3-7-6(5-9)8(10)13-12-7/h6,11H,2-4H2,1H3,(H2,10,13). The van der Waals surface area contributed by atoms with Gasteiger partial charge in [0.1, 0.15) is 11.8 Å². The largest absolute Gasteiger partial charge is 0.320 e. The molecule has 0 aromatic rings. The Morgan fingerprint density at radius 3 is 3.15 bits per heavy atom. The molecule has 1 aliphatic rings. The number of rotatable bonds is 4. The summed E-state index contributed by atoms with van der Waals surface area (Å²) in [4.78, 5) is 0. The number of nitriles is 1. The van der Waals surface area contributed by atoms with Crippen LogP contribution in [0, 0.1) is 22.7 Å². The minimum absolute atomic E-state index is 0.196. The molecule has 0 fully saturated rings. The summed E-state index contributed by atoms with van der Waals surface area (Å²) in [6.45, 7) is 0.907. The number of hydrazone groups is 1. The van der Waals surface area contributed by atoms with Crippen molar-refractivity contribution in [2.45, 2.75) is 12.8 Å². The minimum Gasteiger partial charge on any atom is -0.320 e. The summed E-state index contributed by atoms with van der Waals surface area (Å²) in [5, 5.41) is 23.0. The van der Waals surface area contributed by atoms with Crippen LogP contribution in [0.4, 0.5) is 0 Å². The predicted molar refractivity (Wildman–Crippen MR) is 50.6 cm³/mol. The summed E-state index contributed by atoms with van der Waals surface area (Å²) in [6.07, 6.45) is 1.72. The molecule has 0 saturated carbocycles. The van der Waals surface area contributed by atoms with E-state index >= 15 is 0 Å². The van der Waals surface area contributed by atoms with Crippen molar-refractivity contribution >= 4 is 11.5 Å². The van der Waals surface area contributed by atoms with Crippen LogP contribution in [-0.4, -0.2) is 25.1 Å². The van der Waals surface area contributed by atoms with Crippen molar-refractivity contribution in [3.63, 3.8) is 0 Å². The van der Waals surface area contributed by atoms with Gasteiger partial charge in [-0.3, -0.25) is 10.8 Å². The lowest BCUT2D eigenvalue weighted by Gasteiger charge is -2.02. The van der Waals surface area contributed by atoms with Gasteiger partial charge < -0.3 is 5.32 Å². The van der Waals surface area contributed by atoms with E-state index < -0.39 is 5.92 Å². The zero-order valence-electron chi connectivity index (χ0n) is 7.59. The van der Waals surface area contributed by atoms with Crippen LogP contribution in [0.1, 0.15) is 12.8 Å². The molecule has 0 amide bonds. The third-order valence-corrected chi connectivity index (χ3v) is 1.93. The highest BCUT2D eigenvalue weighted by Gasteiger charge is 2.25. The first kappa shape index (κ1) is 9.68. The fourth-order valence-corrected chi connectivity index (χ4v) is 1.21. The van der Waals surface area contributed by atoms with Crippen LogP contribution in [-0.2, 0) is 0 Å². The third kappa shape index (κ3) is 2.26. The zero-order valence-corrected chi connectivity index (χ0v) is 7.59. The zero-order chi connectivity index (χ0) is 9.68. The highest BCUT2D eigenvalue weighted by molar-refractivity contribution is 6.11. The van der Waals surface area contributed by atoms with Gasteiger partial charge in [0, 0.05) is 0 Å². The van der Waals surface area contributed by atoms with Crippen molar-refractivity contribution in [2.75, 3.05) is 13.6 Å². The van der Waals surface area contributed by atoms with E-state index in [1.54, 1.807) is 0 Å². The van der Waals surface area contributed by atoms with E-state index in [-0.39, 0.29) is 5.84 Å². The monoisotopic (exact) mass is 179 g/mol. The van der Waals surface area contributed by atoms with Gasteiger partial charge >= 0.3 is 0 Å². The summed E-state index contributed by atoms with van der Waals surface area (Å²) in [5.41, 5.74) is 3.31. The Hall–Kier alpha value is -1.41.